The number of hydrogen-bond acceptors (Lipinski definition) is 3. The van der Waals surface area contributed by atoms with Gasteiger partial charge in [0.15, 0.2) is 0 Å². The van der Waals surface area contributed by atoms with Gasteiger partial charge in [0.05, 0.1) is 0 Å². The lowest BCUT2D eigenvalue weighted by Crippen LogP contribution is -2.28. The van der Waals surface area contributed by atoms with E-state index >= 15 is 0 Å². The number of nitrogens with one attached hydrogen (secondary N) is 1. The Hall–Kier alpha value is -1.36. The lowest BCUT2D eigenvalue weighted by molar-refractivity contribution is 0.567. The summed E-state index contributed by atoms with van der Waals surface area (Å²) in [5.41, 5.74) is 4.65. The molecule has 14 heavy (non-hydrogen) atoms. The first-order valence-corrected chi connectivity index (χ1v) is 4.74. The predicted octanol–water partition coefficient (Wildman–Crippen LogP) is -0.334. The molecule has 0 amide bonds. The van der Waals surface area contributed by atoms with E-state index in [-0.39, 0.29) is 11.2 Å². The first kappa shape index (κ1) is 10.7. The van der Waals surface area contributed by atoms with Crippen LogP contribution in [0.5, 0.6) is 0 Å². The molecule has 5 nitrogen and oxygen atoms in total. The zero-order valence-corrected chi connectivity index (χ0v) is 8.03. The monoisotopic (exact) mass is 197 g/mol. The molecular weight excluding hydrogens is 182 g/mol. The van der Waals surface area contributed by atoms with Crippen LogP contribution >= 0.6 is 0 Å². The van der Waals surface area contributed by atoms with Crippen LogP contribution in [0, 0.1) is 0 Å². The molecule has 0 saturated carbocycles. The second-order valence-electron chi connectivity index (χ2n) is 3.15. The Morgan fingerprint density at radius 3 is 2.71 bits per heavy atom. The fourth-order valence-electron chi connectivity index (χ4n) is 1.22. The third-order valence-corrected chi connectivity index (χ3v) is 2.00. The van der Waals surface area contributed by atoms with Gasteiger partial charge < -0.3 is 10.3 Å². The lowest BCUT2D eigenvalue weighted by atomic mass is 10.2. The van der Waals surface area contributed by atoms with Crippen LogP contribution < -0.4 is 17.0 Å². The molecular formula is C9H15N3O2. The SMILES string of the molecule is NCCCCCn1ccc(=O)[nH]c1=O. The minimum Gasteiger partial charge on any atom is -0.330 e. The average Bonchev–Trinajstić information content (AvgIpc) is 2.15. The third-order valence-electron chi connectivity index (χ3n) is 2.00. The molecule has 0 bridgehead atoms. The highest BCUT2D eigenvalue weighted by Gasteiger charge is 1.95. The molecule has 0 fully saturated rings. The summed E-state index contributed by atoms with van der Waals surface area (Å²) in [7, 11) is 0. The largest absolute Gasteiger partial charge is 0.330 e. The van der Waals surface area contributed by atoms with Crippen molar-refractivity contribution in [2.75, 3.05) is 6.54 Å². The van der Waals surface area contributed by atoms with Crippen molar-refractivity contribution in [2.45, 2.75) is 25.8 Å². The summed E-state index contributed by atoms with van der Waals surface area (Å²) in [6.45, 7) is 1.32. The summed E-state index contributed by atoms with van der Waals surface area (Å²) < 4.78 is 1.50. The molecule has 0 aromatic carbocycles. The van der Waals surface area contributed by atoms with Crippen molar-refractivity contribution in [1.29, 1.82) is 0 Å². The van der Waals surface area contributed by atoms with E-state index in [1.54, 1.807) is 0 Å². The number of H-pyrrole nitrogens is 1. The molecule has 0 saturated heterocycles. The van der Waals surface area contributed by atoms with Crippen LogP contribution in [0.15, 0.2) is 21.9 Å². The first-order chi connectivity index (χ1) is 6.74. The molecule has 1 aromatic rings. The molecule has 0 aliphatic rings. The number of aromatic nitrogens is 2. The molecule has 0 spiro atoms. The average molecular weight is 197 g/mol. The molecule has 0 aliphatic heterocycles. The van der Waals surface area contributed by atoms with Crippen LogP contribution in [0.4, 0.5) is 0 Å². The van der Waals surface area contributed by atoms with Crippen molar-refractivity contribution in [3.05, 3.63) is 33.1 Å². The Balaban J connectivity index is 2.51. The van der Waals surface area contributed by atoms with Gasteiger partial charge in [-0.3, -0.25) is 9.78 Å². The second kappa shape index (κ2) is 5.39. The molecule has 1 heterocycles. The molecule has 3 N–H and O–H groups in total. The number of aromatic amines is 1. The van der Waals surface area contributed by atoms with E-state index in [4.69, 9.17) is 5.73 Å². The fraction of sp³-hybridized carbons (Fsp3) is 0.556. The summed E-state index contributed by atoms with van der Waals surface area (Å²) in [5.74, 6) is 0. The fourth-order valence-corrected chi connectivity index (χ4v) is 1.22. The van der Waals surface area contributed by atoms with Crippen LogP contribution in [-0.2, 0) is 6.54 Å². The van der Waals surface area contributed by atoms with E-state index in [1.807, 2.05) is 0 Å². The second-order valence-corrected chi connectivity index (χ2v) is 3.15. The molecule has 0 aliphatic carbocycles. The number of rotatable bonds is 5. The van der Waals surface area contributed by atoms with Crippen molar-refractivity contribution in [1.82, 2.24) is 9.55 Å². The van der Waals surface area contributed by atoms with Gasteiger partial charge in [-0.1, -0.05) is 6.42 Å². The van der Waals surface area contributed by atoms with Gasteiger partial charge >= 0.3 is 5.69 Å². The topological polar surface area (TPSA) is 80.9 Å². The normalized spacial score (nSPS) is 10.4. The highest BCUT2D eigenvalue weighted by Crippen LogP contribution is 1.94. The Bertz CT molecular complexity index is 380. The maximum Gasteiger partial charge on any atom is 0.328 e. The zero-order valence-electron chi connectivity index (χ0n) is 8.03. The van der Waals surface area contributed by atoms with Crippen LogP contribution in [0.25, 0.3) is 0 Å². The summed E-state index contributed by atoms with van der Waals surface area (Å²) in [5, 5.41) is 0. The van der Waals surface area contributed by atoms with Gasteiger partial charge in [-0.2, -0.15) is 0 Å². The summed E-state index contributed by atoms with van der Waals surface area (Å²) in [6.07, 6.45) is 4.40. The van der Waals surface area contributed by atoms with Gasteiger partial charge in [-0.15, -0.1) is 0 Å². The Kier molecular flexibility index (Phi) is 4.12. The number of aryl methyl sites for hydroxylation is 1. The summed E-state index contributed by atoms with van der Waals surface area (Å²) in [4.78, 5) is 24.1. The Morgan fingerprint density at radius 1 is 1.29 bits per heavy atom. The highest BCUT2D eigenvalue weighted by molar-refractivity contribution is 4.82. The third kappa shape index (κ3) is 3.18. The van der Waals surface area contributed by atoms with Gasteiger partial charge in [0.2, 0.25) is 0 Å². The van der Waals surface area contributed by atoms with E-state index in [0.717, 1.165) is 19.3 Å². The minimum absolute atomic E-state index is 0.342. The lowest BCUT2D eigenvalue weighted by Gasteiger charge is -2.02. The van der Waals surface area contributed by atoms with Crippen molar-refractivity contribution in [3.8, 4) is 0 Å². The van der Waals surface area contributed by atoms with Crippen molar-refractivity contribution < 1.29 is 0 Å². The first-order valence-electron chi connectivity index (χ1n) is 4.74. The van der Waals surface area contributed by atoms with Crippen LogP contribution in [-0.4, -0.2) is 16.1 Å². The van der Waals surface area contributed by atoms with E-state index in [1.165, 1.54) is 16.8 Å². The molecule has 0 atom stereocenters. The van der Waals surface area contributed by atoms with Crippen molar-refractivity contribution >= 4 is 0 Å². The maximum atomic E-state index is 11.2. The summed E-state index contributed by atoms with van der Waals surface area (Å²) in [6, 6.07) is 1.35. The van der Waals surface area contributed by atoms with Crippen molar-refractivity contribution in [3.63, 3.8) is 0 Å². The number of nitrogens with zero attached hydrogens (tertiary/aromatic N) is 1. The summed E-state index contributed by atoms with van der Waals surface area (Å²) >= 11 is 0. The van der Waals surface area contributed by atoms with E-state index in [0.29, 0.717) is 13.1 Å². The maximum absolute atomic E-state index is 11.2. The smallest absolute Gasteiger partial charge is 0.328 e. The van der Waals surface area contributed by atoms with Gasteiger partial charge in [-0.05, 0) is 19.4 Å². The molecule has 78 valence electrons. The zero-order chi connectivity index (χ0) is 10.4. The van der Waals surface area contributed by atoms with Crippen LogP contribution in [0.1, 0.15) is 19.3 Å². The number of nitrogens with two attached hydrogens (primary N) is 1. The van der Waals surface area contributed by atoms with Gasteiger partial charge in [0.1, 0.15) is 0 Å². The molecule has 0 unspecified atom stereocenters. The van der Waals surface area contributed by atoms with Crippen LogP contribution in [0.3, 0.4) is 0 Å². The standard InChI is InChI=1S/C9H15N3O2/c10-5-2-1-3-6-12-7-4-8(13)11-9(12)14/h4,7H,1-3,5-6,10H2,(H,11,13,14). The van der Waals surface area contributed by atoms with E-state index < -0.39 is 0 Å². The quantitative estimate of drug-likeness (QED) is 0.634. The van der Waals surface area contributed by atoms with Gasteiger partial charge in [0.25, 0.3) is 5.56 Å². The van der Waals surface area contributed by atoms with E-state index in [2.05, 4.69) is 4.98 Å². The minimum atomic E-state index is -0.354. The van der Waals surface area contributed by atoms with E-state index in [9.17, 15) is 9.59 Å². The molecule has 5 heteroatoms. The molecule has 1 rings (SSSR count). The predicted molar refractivity (Wildman–Crippen MR) is 54.2 cm³/mol. The van der Waals surface area contributed by atoms with Crippen molar-refractivity contribution in [2.24, 2.45) is 5.73 Å². The Morgan fingerprint density at radius 2 is 2.07 bits per heavy atom. The number of unbranched alkanes of at least 4 members (excludes halogenated alkanes) is 2. The van der Waals surface area contributed by atoms with Gasteiger partial charge in [-0.25, -0.2) is 4.79 Å². The molecule has 1 aromatic heterocycles. The molecule has 0 radical (unpaired) electrons. The van der Waals surface area contributed by atoms with Crippen LogP contribution in [0.2, 0.25) is 0 Å². The Labute approximate surface area is 81.6 Å². The highest BCUT2D eigenvalue weighted by atomic mass is 16.2. The number of hydrogen-bond donors (Lipinski definition) is 2. The van der Waals surface area contributed by atoms with Gasteiger partial charge in [0, 0.05) is 18.8 Å².